The zero-order valence-corrected chi connectivity index (χ0v) is 17.1. The third kappa shape index (κ3) is 5.19. The predicted octanol–water partition coefficient (Wildman–Crippen LogP) is 3.35. The van der Waals surface area contributed by atoms with Crippen molar-refractivity contribution in [3.05, 3.63) is 58.1 Å². The van der Waals surface area contributed by atoms with E-state index in [1.807, 2.05) is 0 Å². The molecule has 1 fully saturated rings. The molecule has 2 aromatic rings. The smallest absolute Gasteiger partial charge is 0.329 e. The van der Waals surface area contributed by atoms with Gasteiger partial charge >= 0.3 is 6.03 Å². The molecule has 1 aliphatic rings. The van der Waals surface area contributed by atoms with E-state index in [1.54, 1.807) is 42.5 Å². The number of hydrogen-bond acceptors (Lipinski definition) is 4. The van der Waals surface area contributed by atoms with Gasteiger partial charge in [0.05, 0.1) is 13.0 Å². The molecular formula is C20H19Cl2N3O4. The van der Waals surface area contributed by atoms with Crippen LogP contribution in [0.4, 0.5) is 10.5 Å². The first-order chi connectivity index (χ1) is 13.9. The number of anilines is 1. The minimum Gasteiger partial charge on any atom is -0.496 e. The van der Waals surface area contributed by atoms with Gasteiger partial charge in [0, 0.05) is 22.3 Å². The summed E-state index contributed by atoms with van der Waals surface area (Å²) in [7, 11) is 1.52. The third-order valence-electron chi connectivity index (χ3n) is 4.49. The minimum absolute atomic E-state index is 0.105. The lowest BCUT2D eigenvalue weighted by molar-refractivity contribution is -0.133. The number of nitrogens with zero attached hydrogens (tertiary/aromatic N) is 1. The van der Waals surface area contributed by atoms with Crippen LogP contribution in [0.1, 0.15) is 5.56 Å². The van der Waals surface area contributed by atoms with Crippen molar-refractivity contribution >= 4 is 46.7 Å². The van der Waals surface area contributed by atoms with Gasteiger partial charge in [-0.15, -0.1) is 0 Å². The van der Waals surface area contributed by atoms with Gasteiger partial charge in [0.15, 0.2) is 0 Å². The minimum atomic E-state index is -0.697. The molecule has 9 heteroatoms. The quantitative estimate of drug-likeness (QED) is 0.770. The van der Waals surface area contributed by atoms with E-state index in [9.17, 15) is 14.4 Å². The molecule has 2 N–H and O–H groups in total. The molecule has 0 radical (unpaired) electrons. The number of imide groups is 1. The maximum atomic E-state index is 13.1. The Kier molecular flexibility index (Phi) is 6.61. The van der Waals surface area contributed by atoms with Gasteiger partial charge in [-0.3, -0.25) is 14.5 Å². The molecule has 1 unspecified atom stereocenters. The number of nitrogens with one attached hydrogen (secondary N) is 2. The van der Waals surface area contributed by atoms with Crippen LogP contribution in [-0.2, 0) is 16.0 Å². The molecule has 3 rings (SSSR count). The number of rotatable bonds is 4. The Morgan fingerprint density at radius 2 is 1.97 bits per heavy atom. The van der Waals surface area contributed by atoms with E-state index in [0.717, 1.165) is 4.90 Å². The average Bonchev–Trinajstić information content (AvgIpc) is 2.82. The number of carbonyl (C=O) groups is 3. The number of amides is 4. The highest BCUT2D eigenvalue weighted by Crippen LogP contribution is 2.26. The van der Waals surface area contributed by atoms with Crippen LogP contribution in [-0.4, -0.2) is 42.9 Å². The normalized spacial score (nSPS) is 16.8. The van der Waals surface area contributed by atoms with Crippen LogP contribution in [0.3, 0.4) is 0 Å². The fraction of sp³-hybridized carbons (Fsp3) is 0.250. The molecule has 4 amide bonds. The summed E-state index contributed by atoms with van der Waals surface area (Å²) in [6, 6.07) is 10.9. The maximum absolute atomic E-state index is 13.1. The lowest BCUT2D eigenvalue weighted by atomic mass is 9.97. The standard InChI is InChI=1S/C20H19Cl2N3O4/c1-29-17-6-5-15(22)8-12(17)7-13-10-23-18(26)11-25(19(13)27)20(28)24-16-4-2-3-14(21)9-16/h2-6,8-9,13H,7,10-11H2,1H3,(H,23,26)(H,24,28). The molecule has 1 atom stereocenters. The number of carbonyl (C=O) groups excluding carboxylic acids is 3. The number of urea groups is 1. The molecule has 1 aliphatic heterocycles. The van der Waals surface area contributed by atoms with Gasteiger partial charge < -0.3 is 15.4 Å². The van der Waals surface area contributed by atoms with Gasteiger partial charge in [-0.2, -0.15) is 0 Å². The van der Waals surface area contributed by atoms with Crippen molar-refractivity contribution in [2.75, 3.05) is 25.5 Å². The first kappa shape index (κ1) is 21.0. The molecule has 152 valence electrons. The lowest BCUT2D eigenvalue weighted by Crippen LogP contribution is -2.44. The van der Waals surface area contributed by atoms with Crippen molar-refractivity contribution in [2.45, 2.75) is 6.42 Å². The number of hydrogen-bond donors (Lipinski definition) is 2. The molecule has 1 heterocycles. The molecular weight excluding hydrogens is 417 g/mol. The fourth-order valence-electron chi connectivity index (χ4n) is 3.08. The van der Waals surface area contributed by atoms with Gasteiger partial charge in [-0.25, -0.2) is 4.79 Å². The van der Waals surface area contributed by atoms with E-state index in [-0.39, 0.29) is 19.5 Å². The van der Waals surface area contributed by atoms with E-state index < -0.39 is 23.8 Å². The molecule has 29 heavy (non-hydrogen) atoms. The highest BCUT2D eigenvalue weighted by molar-refractivity contribution is 6.31. The Morgan fingerprint density at radius 3 is 2.69 bits per heavy atom. The third-order valence-corrected chi connectivity index (χ3v) is 4.96. The number of benzene rings is 2. The second-order valence-corrected chi connectivity index (χ2v) is 7.40. The Balaban J connectivity index is 1.81. The molecule has 7 nitrogen and oxygen atoms in total. The van der Waals surface area contributed by atoms with Crippen LogP contribution < -0.4 is 15.4 Å². The zero-order valence-electron chi connectivity index (χ0n) is 15.6. The van der Waals surface area contributed by atoms with Crippen molar-refractivity contribution in [3.8, 4) is 5.75 Å². The van der Waals surface area contributed by atoms with Crippen molar-refractivity contribution in [1.82, 2.24) is 10.2 Å². The van der Waals surface area contributed by atoms with Crippen molar-refractivity contribution < 1.29 is 19.1 Å². The van der Waals surface area contributed by atoms with Crippen molar-refractivity contribution in [3.63, 3.8) is 0 Å². The summed E-state index contributed by atoms with van der Waals surface area (Å²) in [6.07, 6.45) is 0.254. The lowest BCUT2D eigenvalue weighted by Gasteiger charge is -2.22. The summed E-state index contributed by atoms with van der Waals surface area (Å²) >= 11 is 12.0. The van der Waals surface area contributed by atoms with Crippen molar-refractivity contribution in [2.24, 2.45) is 5.92 Å². The van der Waals surface area contributed by atoms with Crippen LogP contribution >= 0.6 is 23.2 Å². The molecule has 0 spiro atoms. The second-order valence-electron chi connectivity index (χ2n) is 6.53. The zero-order chi connectivity index (χ0) is 21.0. The van der Waals surface area contributed by atoms with E-state index in [4.69, 9.17) is 27.9 Å². The number of halogens is 2. The fourth-order valence-corrected chi connectivity index (χ4v) is 3.47. The molecule has 1 saturated heterocycles. The predicted molar refractivity (Wildman–Crippen MR) is 110 cm³/mol. The SMILES string of the molecule is COc1ccc(Cl)cc1CC1CNC(=O)CN(C(=O)Nc2cccc(Cl)c2)C1=O. The van der Waals surface area contributed by atoms with E-state index in [0.29, 0.717) is 27.0 Å². The van der Waals surface area contributed by atoms with Crippen LogP contribution in [0.15, 0.2) is 42.5 Å². The van der Waals surface area contributed by atoms with Crippen LogP contribution in [0.5, 0.6) is 5.75 Å². The summed E-state index contributed by atoms with van der Waals surface area (Å²) in [4.78, 5) is 38.7. The van der Waals surface area contributed by atoms with Gasteiger partial charge in [0.1, 0.15) is 12.3 Å². The van der Waals surface area contributed by atoms with E-state index >= 15 is 0 Å². The summed E-state index contributed by atoms with van der Waals surface area (Å²) in [5.74, 6) is -0.961. The molecule has 0 aromatic heterocycles. The summed E-state index contributed by atoms with van der Waals surface area (Å²) in [6.45, 7) is -0.261. The van der Waals surface area contributed by atoms with Crippen LogP contribution in [0, 0.1) is 5.92 Å². The number of methoxy groups -OCH3 is 1. The summed E-state index contributed by atoms with van der Waals surface area (Å²) in [5, 5.41) is 6.22. The second kappa shape index (κ2) is 9.15. The highest BCUT2D eigenvalue weighted by atomic mass is 35.5. The molecule has 2 aromatic carbocycles. The highest BCUT2D eigenvalue weighted by Gasteiger charge is 2.34. The molecule has 0 aliphatic carbocycles. The topological polar surface area (TPSA) is 87.7 Å². The van der Waals surface area contributed by atoms with E-state index in [1.165, 1.54) is 7.11 Å². The van der Waals surface area contributed by atoms with Crippen LogP contribution in [0.25, 0.3) is 0 Å². The van der Waals surface area contributed by atoms with Gasteiger partial charge in [0.2, 0.25) is 11.8 Å². The summed E-state index contributed by atoms with van der Waals surface area (Å²) in [5.41, 5.74) is 1.14. The van der Waals surface area contributed by atoms with Gasteiger partial charge in [0.25, 0.3) is 0 Å². The van der Waals surface area contributed by atoms with Crippen LogP contribution in [0.2, 0.25) is 10.0 Å². The first-order valence-corrected chi connectivity index (χ1v) is 9.60. The maximum Gasteiger partial charge on any atom is 0.329 e. The monoisotopic (exact) mass is 435 g/mol. The average molecular weight is 436 g/mol. The van der Waals surface area contributed by atoms with Gasteiger partial charge in [-0.05, 0) is 48.4 Å². The van der Waals surface area contributed by atoms with Gasteiger partial charge in [-0.1, -0.05) is 29.3 Å². The molecule has 0 bridgehead atoms. The Bertz CT molecular complexity index is 951. The first-order valence-electron chi connectivity index (χ1n) is 8.84. The Morgan fingerprint density at radius 1 is 1.21 bits per heavy atom. The van der Waals surface area contributed by atoms with Crippen molar-refractivity contribution in [1.29, 1.82) is 0 Å². The van der Waals surface area contributed by atoms with E-state index in [2.05, 4.69) is 10.6 Å². The number of ether oxygens (including phenoxy) is 1. The Labute approximate surface area is 177 Å². The Hall–Kier alpha value is -2.77. The molecule has 0 saturated carbocycles. The summed E-state index contributed by atoms with van der Waals surface area (Å²) < 4.78 is 5.33. The largest absolute Gasteiger partial charge is 0.496 e.